The van der Waals surface area contributed by atoms with Crippen LogP contribution in [0.1, 0.15) is 99.3 Å². The zero-order valence-corrected chi connectivity index (χ0v) is 14.5. The van der Waals surface area contributed by atoms with Crippen molar-refractivity contribution in [1.82, 2.24) is 0 Å². The molecule has 0 aromatic rings. The third kappa shape index (κ3) is 6.63. The minimum atomic E-state index is 0.374. The van der Waals surface area contributed by atoms with Gasteiger partial charge >= 0.3 is 0 Å². The lowest BCUT2D eigenvalue weighted by molar-refractivity contribution is 0.114. The van der Waals surface area contributed by atoms with Crippen LogP contribution in [0.3, 0.4) is 0 Å². The Kier molecular flexibility index (Phi) is 9.48. The zero-order chi connectivity index (χ0) is 14.8. The summed E-state index contributed by atoms with van der Waals surface area (Å²) in [4.78, 5) is 0. The molecule has 1 atom stereocenters. The van der Waals surface area contributed by atoms with Gasteiger partial charge in [0.15, 0.2) is 0 Å². The molecular formula is C19H38. The van der Waals surface area contributed by atoms with E-state index < -0.39 is 0 Å². The minimum Gasteiger partial charge on any atom is -0.0882 e. The highest BCUT2D eigenvalue weighted by molar-refractivity contribution is 5.05. The van der Waals surface area contributed by atoms with Gasteiger partial charge in [0, 0.05) is 0 Å². The maximum absolute atomic E-state index is 2.55. The van der Waals surface area contributed by atoms with Crippen molar-refractivity contribution in [3.05, 3.63) is 12.2 Å². The number of hydrogen-bond donors (Lipinski definition) is 0. The zero-order valence-electron chi connectivity index (χ0n) is 14.5. The highest BCUT2D eigenvalue weighted by Crippen LogP contribution is 2.48. The van der Waals surface area contributed by atoms with Gasteiger partial charge in [-0.2, -0.15) is 0 Å². The molecule has 0 aliphatic carbocycles. The van der Waals surface area contributed by atoms with Crippen LogP contribution >= 0.6 is 0 Å². The largest absolute Gasteiger partial charge is 0.0882 e. The van der Waals surface area contributed by atoms with Gasteiger partial charge in [-0.15, -0.1) is 0 Å². The van der Waals surface area contributed by atoms with Gasteiger partial charge in [0.25, 0.3) is 0 Å². The Hall–Kier alpha value is -0.260. The van der Waals surface area contributed by atoms with Gasteiger partial charge in [0.05, 0.1) is 0 Å². The van der Waals surface area contributed by atoms with E-state index in [1.54, 1.807) is 0 Å². The molecule has 0 rings (SSSR count). The summed E-state index contributed by atoms with van der Waals surface area (Å²) in [5, 5.41) is 0. The predicted molar refractivity (Wildman–Crippen MR) is 89.6 cm³/mol. The molecule has 0 N–H and O–H groups in total. The Labute approximate surface area is 123 Å². The Morgan fingerprint density at radius 3 is 1.84 bits per heavy atom. The molecular weight excluding hydrogens is 228 g/mol. The van der Waals surface area contributed by atoms with Crippen LogP contribution in [0.25, 0.3) is 0 Å². The molecule has 19 heavy (non-hydrogen) atoms. The molecule has 0 saturated heterocycles. The van der Waals surface area contributed by atoms with Crippen molar-refractivity contribution in [1.29, 1.82) is 0 Å². The first-order valence-electron chi connectivity index (χ1n) is 8.61. The lowest BCUT2D eigenvalue weighted by Crippen LogP contribution is -2.34. The molecule has 0 saturated carbocycles. The van der Waals surface area contributed by atoms with Crippen LogP contribution in [0, 0.1) is 10.8 Å². The molecule has 0 aromatic carbocycles. The molecule has 0 amide bonds. The molecule has 0 fully saturated rings. The van der Waals surface area contributed by atoms with Crippen molar-refractivity contribution in [2.24, 2.45) is 10.8 Å². The van der Waals surface area contributed by atoms with Crippen molar-refractivity contribution < 1.29 is 0 Å². The summed E-state index contributed by atoms with van der Waals surface area (Å²) >= 11 is 0. The van der Waals surface area contributed by atoms with E-state index in [1.165, 1.54) is 51.4 Å². The van der Waals surface area contributed by atoms with E-state index in [1.807, 2.05) is 0 Å². The Morgan fingerprint density at radius 1 is 0.737 bits per heavy atom. The lowest BCUT2D eigenvalue weighted by atomic mass is 9.61. The van der Waals surface area contributed by atoms with Crippen molar-refractivity contribution in [3.63, 3.8) is 0 Å². The lowest BCUT2D eigenvalue weighted by Gasteiger charge is -2.43. The average molecular weight is 267 g/mol. The fourth-order valence-corrected chi connectivity index (χ4v) is 3.13. The van der Waals surface area contributed by atoms with Crippen molar-refractivity contribution in [2.45, 2.75) is 99.3 Å². The maximum atomic E-state index is 2.55. The van der Waals surface area contributed by atoms with Gasteiger partial charge in [-0.1, -0.05) is 92.2 Å². The second kappa shape index (κ2) is 9.61. The van der Waals surface area contributed by atoms with Crippen LogP contribution in [0.2, 0.25) is 0 Å². The summed E-state index contributed by atoms with van der Waals surface area (Å²) in [6.45, 7) is 14.1. The monoisotopic (exact) mass is 266 g/mol. The number of allylic oxidation sites excluding steroid dienone is 2. The van der Waals surface area contributed by atoms with Gasteiger partial charge in [-0.3, -0.25) is 0 Å². The summed E-state index contributed by atoms with van der Waals surface area (Å²) < 4.78 is 0. The standard InChI is InChI=1S/C19H38/c1-7-10-12-13-14-17-19(15-9-3,16-11-8-2)18(4,5)6/h11,16H,7-10,12-15,17H2,1-6H3. The Bertz CT molecular complexity index is 231. The summed E-state index contributed by atoms with van der Waals surface area (Å²) in [5.74, 6) is 0. The van der Waals surface area contributed by atoms with E-state index in [2.05, 4.69) is 53.7 Å². The van der Waals surface area contributed by atoms with Crippen molar-refractivity contribution in [3.8, 4) is 0 Å². The minimum absolute atomic E-state index is 0.374. The van der Waals surface area contributed by atoms with E-state index >= 15 is 0 Å². The summed E-state index contributed by atoms with van der Waals surface area (Å²) in [7, 11) is 0. The summed E-state index contributed by atoms with van der Waals surface area (Å²) in [6.07, 6.45) is 17.1. The fourth-order valence-electron chi connectivity index (χ4n) is 3.13. The van der Waals surface area contributed by atoms with E-state index in [9.17, 15) is 0 Å². The van der Waals surface area contributed by atoms with Gasteiger partial charge in [-0.05, 0) is 30.1 Å². The van der Waals surface area contributed by atoms with Gasteiger partial charge in [-0.25, -0.2) is 0 Å². The molecule has 0 aromatic heterocycles. The number of rotatable bonds is 10. The predicted octanol–water partition coefficient (Wildman–Crippen LogP) is 7.15. The molecule has 0 aliphatic rings. The van der Waals surface area contributed by atoms with Crippen LogP contribution in [-0.4, -0.2) is 0 Å². The van der Waals surface area contributed by atoms with Gasteiger partial charge < -0.3 is 0 Å². The highest BCUT2D eigenvalue weighted by Gasteiger charge is 2.37. The quantitative estimate of drug-likeness (QED) is 0.291. The van der Waals surface area contributed by atoms with E-state index in [0.717, 1.165) is 6.42 Å². The second-order valence-corrected chi connectivity index (χ2v) is 7.13. The Morgan fingerprint density at radius 2 is 1.37 bits per heavy atom. The average Bonchev–Trinajstić information content (AvgIpc) is 2.34. The summed E-state index contributed by atoms with van der Waals surface area (Å²) in [5.41, 5.74) is 0.781. The first kappa shape index (κ1) is 18.7. The molecule has 1 unspecified atom stereocenters. The molecule has 0 heteroatoms. The maximum Gasteiger partial charge on any atom is -0.00698 e. The normalized spacial score (nSPS) is 15.9. The first-order valence-corrected chi connectivity index (χ1v) is 8.61. The summed E-state index contributed by atoms with van der Waals surface area (Å²) in [6, 6.07) is 0. The molecule has 0 spiro atoms. The first-order chi connectivity index (χ1) is 8.93. The Balaban J connectivity index is 4.67. The third-order valence-corrected chi connectivity index (χ3v) is 4.59. The van der Waals surface area contributed by atoms with Crippen LogP contribution in [-0.2, 0) is 0 Å². The number of unbranched alkanes of at least 4 members (excludes halogenated alkanes) is 4. The molecule has 0 bridgehead atoms. The molecule has 0 radical (unpaired) electrons. The topological polar surface area (TPSA) is 0 Å². The van der Waals surface area contributed by atoms with E-state index in [-0.39, 0.29) is 0 Å². The van der Waals surface area contributed by atoms with Crippen LogP contribution < -0.4 is 0 Å². The smallest absolute Gasteiger partial charge is 0.00698 e. The van der Waals surface area contributed by atoms with Crippen molar-refractivity contribution in [2.75, 3.05) is 0 Å². The van der Waals surface area contributed by atoms with Crippen LogP contribution in [0.4, 0.5) is 0 Å². The van der Waals surface area contributed by atoms with Gasteiger partial charge in [0.2, 0.25) is 0 Å². The van der Waals surface area contributed by atoms with Crippen LogP contribution in [0.15, 0.2) is 12.2 Å². The molecule has 114 valence electrons. The molecule has 0 heterocycles. The van der Waals surface area contributed by atoms with Crippen LogP contribution in [0.5, 0.6) is 0 Å². The van der Waals surface area contributed by atoms with E-state index in [4.69, 9.17) is 0 Å². The molecule has 0 nitrogen and oxygen atoms in total. The SMILES string of the molecule is CCC=CC(CCC)(CCCCCCC)C(C)(C)C. The number of hydrogen-bond acceptors (Lipinski definition) is 0. The second-order valence-electron chi connectivity index (χ2n) is 7.13. The van der Waals surface area contributed by atoms with Gasteiger partial charge in [0.1, 0.15) is 0 Å². The molecule has 0 aliphatic heterocycles. The fraction of sp³-hybridized carbons (Fsp3) is 0.895. The highest BCUT2D eigenvalue weighted by atomic mass is 14.4. The van der Waals surface area contributed by atoms with Crippen molar-refractivity contribution >= 4 is 0 Å². The van der Waals surface area contributed by atoms with E-state index in [0.29, 0.717) is 10.8 Å². The third-order valence-electron chi connectivity index (χ3n) is 4.59.